The quantitative estimate of drug-likeness (QED) is 0.733. The van der Waals surface area contributed by atoms with E-state index in [4.69, 9.17) is 4.74 Å². The van der Waals surface area contributed by atoms with E-state index < -0.39 is 0 Å². The van der Waals surface area contributed by atoms with E-state index in [2.05, 4.69) is 6.92 Å². The van der Waals surface area contributed by atoms with Crippen LogP contribution in [0.15, 0.2) is 24.3 Å². The Bertz CT molecular complexity index is 307. The molecule has 1 aromatic carbocycles. The third-order valence-corrected chi connectivity index (χ3v) is 2.96. The maximum Gasteiger partial charge on any atom is 0.123 e. The van der Waals surface area contributed by atoms with Gasteiger partial charge in [-0.2, -0.15) is 0 Å². The second kappa shape index (κ2) is 4.75. The lowest BCUT2D eigenvalue weighted by Gasteiger charge is -2.13. The van der Waals surface area contributed by atoms with E-state index in [0.717, 1.165) is 24.8 Å². The van der Waals surface area contributed by atoms with Crippen LogP contribution in [0.25, 0.3) is 0 Å². The zero-order valence-corrected chi connectivity index (χ0v) is 9.08. The highest BCUT2D eigenvalue weighted by Crippen LogP contribution is 2.34. The molecule has 0 amide bonds. The van der Waals surface area contributed by atoms with Gasteiger partial charge in [0.1, 0.15) is 5.82 Å². The molecule has 15 heavy (non-hydrogen) atoms. The maximum atomic E-state index is 12.7. The summed E-state index contributed by atoms with van der Waals surface area (Å²) in [5, 5.41) is 0. The summed E-state index contributed by atoms with van der Waals surface area (Å²) in [5.41, 5.74) is 1.11. The van der Waals surface area contributed by atoms with Crippen LogP contribution < -0.4 is 0 Å². The van der Waals surface area contributed by atoms with Crippen LogP contribution in [0.1, 0.15) is 44.3 Å². The van der Waals surface area contributed by atoms with Gasteiger partial charge in [0.15, 0.2) is 0 Å². The Balaban J connectivity index is 1.98. The molecule has 1 heterocycles. The van der Waals surface area contributed by atoms with Gasteiger partial charge in [-0.05, 0) is 37.0 Å². The van der Waals surface area contributed by atoms with Crippen molar-refractivity contribution >= 4 is 0 Å². The van der Waals surface area contributed by atoms with Gasteiger partial charge in [-0.3, -0.25) is 0 Å². The third-order valence-electron chi connectivity index (χ3n) is 2.96. The Morgan fingerprint density at radius 3 is 2.67 bits per heavy atom. The Labute approximate surface area is 90.3 Å². The van der Waals surface area contributed by atoms with Gasteiger partial charge >= 0.3 is 0 Å². The lowest BCUT2D eigenvalue weighted by atomic mass is 10.1. The summed E-state index contributed by atoms with van der Waals surface area (Å²) in [7, 11) is 0. The van der Waals surface area contributed by atoms with Crippen LogP contribution >= 0.6 is 0 Å². The Hall–Kier alpha value is -0.890. The van der Waals surface area contributed by atoms with Gasteiger partial charge in [0.2, 0.25) is 0 Å². The van der Waals surface area contributed by atoms with Crippen molar-refractivity contribution in [3.63, 3.8) is 0 Å². The molecule has 0 aromatic heterocycles. The zero-order chi connectivity index (χ0) is 10.7. The molecular formula is C13H17FO. The summed E-state index contributed by atoms with van der Waals surface area (Å²) in [5.74, 6) is -0.179. The molecule has 2 atom stereocenters. The highest BCUT2D eigenvalue weighted by Gasteiger charge is 2.25. The molecule has 1 aromatic rings. The first-order valence-corrected chi connectivity index (χ1v) is 5.70. The smallest absolute Gasteiger partial charge is 0.123 e. The van der Waals surface area contributed by atoms with Gasteiger partial charge in [-0.15, -0.1) is 0 Å². The summed E-state index contributed by atoms with van der Waals surface area (Å²) in [6.07, 6.45) is 5.09. The molecule has 0 saturated carbocycles. The van der Waals surface area contributed by atoms with Crippen LogP contribution in [-0.4, -0.2) is 6.10 Å². The number of hydrogen-bond acceptors (Lipinski definition) is 1. The van der Waals surface area contributed by atoms with E-state index in [1.807, 2.05) is 12.1 Å². The van der Waals surface area contributed by atoms with E-state index in [1.165, 1.54) is 18.6 Å². The standard InChI is InChI=1S/C13H17FO/c1-2-3-12-8-9-13(15-12)10-4-6-11(14)7-5-10/h4-7,12-13H,2-3,8-9H2,1H3. The molecule has 0 bridgehead atoms. The predicted octanol–water partition coefficient (Wildman–Crippen LogP) is 3.85. The molecule has 0 N–H and O–H groups in total. The van der Waals surface area contributed by atoms with Gasteiger partial charge in [-0.1, -0.05) is 25.5 Å². The summed E-state index contributed by atoms with van der Waals surface area (Å²) < 4.78 is 18.6. The molecule has 0 radical (unpaired) electrons. The van der Waals surface area contributed by atoms with E-state index in [1.54, 1.807) is 0 Å². The van der Waals surface area contributed by atoms with Gasteiger partial charge in [0.05, 0.1) is 12.2 Å². The lowest BCUT2D eigenvalue weighted by Crippen LogP contribution is -2.05. The molecule has 1 aliphatic rings. The van der Waals surface area contributed by atoms with E-state index in [0.29, 0.717) is 6.10 Å². The van der Waals surface area contributed by atoms with Crippen molar-refractivity contribution < 1.29 is 9.13 Å². The van der Waals surface area contributed by atoms with Crippen LogP contribution in [0.4, 0.5) is 4.39 Å². The van der Waals surface area contributed by atoms with Gasteiger partial charge < -0.3 is 4.74 Å². The molecule has 1 fully saturated rings. The second-order valence-electron chi connectivity index (χ2n) is 4.16. The summed E-state index contributed by atoms with van der Waals surface area (Å²) in [6, 6.07) is 6.67. The van der Waals surface area contributed by atoms with Crippen molar-refractivity contribution in [2.24, 2.45) is 0 Å². The molecule has 1 aliphatic heterocycles. The van der Waals surface area contributed by atoms with Crippen LogP contribution in [0.5, 0.6) is 0 Å². The predicted molar refractivity (Wildman–Crippen MR) is 58.2 cm³/mol. The molecular weight excluding hydrogens is 191 g/mol. The van der Waals surface area contributed by atoms with Gasteiger partial charge in [0.25, 0.3) is 0 Å². The minimum atomic E-state index is -0.179. The Morgan fingerprint density at radius 1 is 1.27 bits per heavy atom. The van der Waals surface area contributed by atoms with Crippen molar-refractivity contribution in [1.82, 2.24) is 0 Å². The van der Waals surface area contributed by atoms with Crippen LogP contribution in [0.3, 0.4) is 0 Å². The second-order valence-corrected chi connectivity index (χ2v) is 4.16. The highest BCUT2D eigenvalue weighted by molar-refractivity contribution is 5.19. The van der Waals surface area contributed by atoms with Crippen molar-refractivity contribution in [3.05, 3.63) is 35.6 Å². The maximum absolute atomic E-state index is 12.7. The average molecular weight is 208 g/mol. The highest BCUT2D eigenvalue weighted by atomic mass is 19.1. The first-order valence-electron chi connectivity index (χ1n) is 5.70. The van der Waals surface area contributed by atoms with Crippen LogP contribution in [0.2, 0.25) is 0 Å². The van der Waals surface area contributed by atoms with Crippen molar-refractivity contribution in [3.8, 4) is 0 Å². The number of benzene rings is 1. The largest absolute Gasteiger partial charge is 0.370 e. The molecule has 0 spiro atoms. The Morgan fingerprint density at radius 2 is 2.00 bits per heavy atom. The van der Waals surface area contributed by atoms with Crippen molar-refractivity contribution in [2.75, 3.05) is 0 Å². The average Bonchev–Trinajstić information content (AvgIpc) is 2.68. The third kappa shape index (κ3) is 2.57. The summed E-state index contributed by atoms with van der Waals surface area (Å²) in [4.78, 5) is 0. The van der Waals surface area contributed by atoms with Gasteiger partial charge in [-0.25, -0.2) is 4.39 Å². The molecule has 2 heteroatoms. The van der Waals surface area contributed by atoms with Gasteiger partial charge in [0, 0.05) is 0 Å². The fraction of sp³-hybridized carbons (Fsp3) is 0.538. The topological polar surface area (TPSA) is 9.23 Å². The minimum Gasteiger partial charge on any atom is -0.370 e. The molecule has 0 aliphatic carbocycles. The van der Waals surface area contributed by atoms with E-state index >= 15 is 0 Å². The molecule has 2 unspecified atom stereocenters. The SMILES string of the molecule is CCCC1CCC(c2ccc(F)cc2)O1. The zero-order valence-electron chi connectivity index (χ0n) is 9.08. The lowest BCUT2D eigenvalue weighted by molar-refractivity contribution is 0.0396. The fourth-order valence-corrected chi connectivity index (χ4v) is 2.16. The molecule has 82 valence electrons. The number of rotatable bonds is 3. The molecule has 2 rings (SSSR count). The van der Waals surface area contributed by atoms with Crippen molar-refractivity contribution in [2.45, 2.75) is 44.8 Å². The summed E-state index contributed by atoms with van der Waals surface area (Å²) in [6.45, 7) is 2.18. The number of hydrogen-bond donors (Lipinski definition) is 0. The van der Waals surface area contributed by atoms with Crippen LogP contribution in [0, 0.1) is 5.82 Å². The molecule has 1 nitrogen and oxygen atoms in total. The first kappa shape index (κ1) is 10.6. The normalized spacial score (nSPS) is 25.7. The minimum absolute atomic E-state index is 0.179. The number of halogens is 1. The number of ether oxygens (including phenoxy) is 1. The van der Waals surface area contributed by atoms with E-state index in [9.17, 15) is 4.39 Å². The summed E-state index contributed by atoms with van der Waals surface area (Å²) >= 11 is 0. The first-order chi connectivity index (χ1) is 7.29. The van der Waals surface area contributed by atoms with Crippen molar-refractivity contribution in [1.29, 1.82) is 0 Å². The van der Waals surface area contributed by atoms with E-state index in [-0.39, 0.29) is 11.9 Å². The Kier molecular flexibility index (Phi) is 3.37. The fourth-order valence-electron chi connectivity index (χ4n) is 2.16. The monoisotopic (exact) mass is 208 g/mol. The molecule has 1 saturated heterocycles. The van der Waals surface area contributed by atoms with Crippen LogP contribution in [-0.2, 0) is 4.74 Å².